The molecule has 2 nitrogen and oxygen atoms in total. The quantitative estimate of drug-likeness (QED) is 0.900. The molecule has 1 atom stereocenters. The largest absolute Gasteiger partial charge is 0.481 e. The van der Waals surface area contributed by atoms with Gasteiger partial charge < -0.3 is 5.11 Å². The Labute approximate surface area is 118 Å². The SMILES string of the molecule is O=C(O)[C@@H]1CCc2cc(CC3CCCC3)c(Cl)cc21. The van der Waals surface area contributed by atoms with E-state index in [9.17, 15) is 9.90 Å². The number of carbonyl (C=O) groups is 1. The van der Waals surface area contributed by atoms with Crippen LogP contribution in [0.25, 0.3) is 0 Å². The van der Waals surface area contributed by atoms with Crippen molar-refractivity contribution in [3.8, 4) is 0 Å². The molecule has 0 bridgehead atoms. The molecule has 1 aromatic carbocycles. The highest BCUT2D eigenvalue weighted by atomic mass is 35.5. The molecule has 3 heteroatoms. The molecule has 0 heterocycles. The third-order valence-corrected chi connectivity index (χ3v) is 5.02. The van der Waals surface area contributed by atoms with Crippen LogP contribution >= 0.6 is 11.6 Å². The lowest BCUT2D eigenvalue weighted by molar-refractivity contribution is -0.138. The average molecular weight is 279 g/mol. The number of fused-ring (bicyclic) bond motifs is 1. The van der Waals surface area contributed by atoms with Gasteiger partial charge in [-0.25, -0.2) is 0 Å². The van der Waals surface area contributed by atoms with E-state index in [1.807, 2.05) is 6.07 Å². The number of halogens is 1. The molecule has 102 valence electrons. The summed E-state index contributed by atoms with van der Waals surface area (Å²) < 4.78 is 0. The maximum atomic E-state index is 11.2. The normalized spacial score (nSPS) is 22.7. The minimum absolute atomic E-state index is 0.354. The van der Waals surface area contributed by atoms with Gasteiger partial charge in [-0.05, 0) is 47.9 Å². The lowest BCUT2D eigenvalue weighted by Gasteiger charge is -2.13. The van der Waals surface area contributed by atoms with Gasteiger partial charge >= 0.3 is 5.97 Å². The highest BCUT2D eigenvalue weighted by Crippen LogP contribution is 2.38. The Bertz CT molecular complexity index is 504. The standard InChI is InChI=1S/C16H19ClO2/c17-15-9-14-11(5-6-13(14)16(18)19)8-12(15)7-10-3-1-2-4-10/h8-10,13H,1-7H2,(H,18,19)/t13-/m1/s1. The molecule has 0 saturated heterocycles. The molecule has 0 amide bonds. The van der Waals surface area contributed by atoms with Crippen molar-refractivity contribution in [1.29, 1.82) is 0 Å². The molecule has 3 rings (SSSR count). The summed E-state index contributed by atoms with van der Waals surface area (Å²) in [7, 11) is 0. The number of hydrogen-bond acceptors (Lipinski definition) is 1. The van der Waals surface area contributed by atoms with Crippen LogP contribution in [-0.2, 0) is 17.6 Å². The van der Waals surface area contributed by atoms with Crippen molar-refractivity contribution >= 4 is 17.6 Å². The fourth-order valence-electron chi connectivity index (χ4n) is 3.62. The summed E-state index contributed by atoms with van der Waals surface area (Å²) >= 11 is 6.36. The lowest BCUT2D eigenvalue weighted by atomic mass is 9.94. The second kappa shape index (κ2) is 5.16. The van der Waals surface area contributed by atoms with Gasteiger partial charge in [0.05, 0.1) is 5.92 Å². The van der Waals surface area contributed by atoms with E-state index in [4.69, 9.17) is 11.6 Å². The fraction of sp³-hybridized carbons (Fsp3) is 0.562. The summed E-state index contributed by atoms with van der Waals surface area (Å²) in [6, 6.07) is 4.08. The van der Waals surface area contributed by atoms with Crippen molar-refractivity contribution in [1.82, 2.24) is 0 Å². The van der Waals surface area contributed by atoms with E-state index < -0.39 is 5.97 Å². The van der Waals surface area contributed by atoms with Gasteiger partial charge in [0.2, 0.25) is 0 Å². The molecule has 1 aromatic rings. The van der Waals surface area contributed by atoms with Crippen molar-refractivity contribution in [2.75, 3.05) is 0 Å². The fourth-order valence-corrected chi connectivity index (χ4v) is 3.87. The molecule has 0 spiro atoms. The number of rotatable bonds is 3. The predicted octanol–water partition coefficient (Wildman–Crippen LogP) is 4.19. The molecule has 0 aliphatic heterocycles. The van der Waals surface area contributed by atoms with Crippen LogP contribution in [0, 0.1) is 5.92 Å². The molecular formula is C16H19ClO2. The first-order valence-corrected chi connectivity index (χ1v) is 7.57. The third kappa shape index (κ3) is 2.51. The zero-order chi connectivity index (χ0) is 13.4. The highest BCUT2D eigenvalue weighted by Gasteiger charge is 2.29. The first-order chi connectivity index (χ1) is 9.15. The van der Waals surface area contributed by atoms with Crippen LogP contribution in [0.15, 0.2) is 12.1 Å². The van der Waals surface area contributed by atoms with Gasteiger partial charge in [-0.3, -0.25) is 4.79 Å². The summed E-state index contributed by atoms with van der Waals surface area (Å²) in [4.78, 5) is 11.2. The average Bonchev–Trinajstić information content (AvgIpc) is 2.98. The van der Waals surface area contributed by atoms with Crippen LogP contribution in [0.1, 0.15) is 54.7 Å². The van der Waals surface area contributed by atoms with Crippen molar-refractivity contribution in [3.05, 3.63) is 33.8 Å². The molecule has 19 heavy (non-hydrogen) atoms. The van der Waals surface area contributed by atoms with Gasteiger partial charge in [0.25, 0.3) is 0 Å². The summed E-state index contributed by atoms with van der Waals surface area (Å²) in [6.45, 7) is 0. The van der Waals surface area contributed by atoms with Crippen LogP contribution in [-0.4, -0.2) is 11.1 Å². The molecule has 2 aliphatic rings. The van der Waals surface area contributed by atoms with Crippen molar-refractivity contribution < 1.29 is 9.90 Å². The van der Waals surface area contributed by atoms with Gasteiger partial charge in [-0.15, -0.1) is 0 Å². The Morgan fingerprint density at radius 1 is 1.26 bits per heavy atom. The van der Waals surface area contributed by atoms with E-state index in [-0.39, 0.29) is 5.92 Å². The number of carboxylic acids is 1. The topological polar surface area (TPSA) is 37.3 Å². The van der Waals surface area contributed by atoms with Crippen molar-refractivity contribution in [3.63, 3.8) is 0 Å². The van der Waals surface area contributed by atoms with Crippen LogP contribution < -0.4 is 0 Å². The summed E-state index contributed by atoms with van der Waals surface area (Å²) in [5.41, 5.74) is 3.36. The van der Waals surface area contributed by atoms with E-state index in [1.54, 1.807) is 0 Å². The van der Waals surface area contributed by atoms with E-state index >= 15 is 0 Å². The van der Waals surface area contributed by atoms with Crippen molar-refractivity contribution in [2.24, 2.45) is 5.92 Å². The number of carboxylic acid groups (broad SMARTS) is 1. The molecule has 2 aliphatic carbocycles. The monoisotopic (exact) mass is 278 g/mol. The molecule has 0 radical (unpaired) electrons. The van der Waals surface area contributed by atoms with Gasteiger partial charge in [0, 0.05) is 5.02 Å². The summed E-state index contributed by atoms with van der Waals surface area (Å²) in [5.74, 6) is -0.307. The van der Waals surface area contributed by atoms with Gasteiger partial charge in [0.15, 0.2) is 0 Å². The van der Waals surface area contributed by atoms with Gasteiger partial charge in [-0.1, -0.05) is 43.4 Å². The molecule has 1 fully saturated rings. The number of benzene rings is 1. The highest BCUT2D eigenvalue weighted by molar-refractivity contribution is 6.31. The number of aliphatic carboxylic acids is 1. The predicted molar refractivity (Wildman–Crippen MR) is 75.8 cm³/mol. The van der Waals surface area contributed by atoms with Crippen LogP contribution in [0.5, 0.6) is 0 Å². The third-order valence-electron chi connectivity index (χ3n) is 4.67. The summed E-state index contributed by atoms with van der Waals surface area (Å²) in [5, 5.41) is 9.97. The number of aryl methyl sites for hydroxylation is 1. The first-order valence-electron chi connectivity index (χ1n) is 7.19. The minimum atomic E-state index is -0.724. The Morgan fingerprint density at radius 2 is 2.00 bits per heavy atom. The Balaban J connectivity index is 1.86. The Kier molecular flexibility index (Phi) is 3.53. The maximum absolute atomic E-state index is 11.2. The van der Waals surface area contributed by atoms with Crippen LogP contribution in [0.3, 0.4) is 0 Å². The zero-order valence-corrected chi connectivity index (χ0v) is 11.7. The first kappa shape index (κ1) is 13.0. The molecule has 1 saturated carbocycles. The molecule has 1 N–H and O–H groups in total. The second-order valence-electron chi connectivity index (χ2n) is 5.93. The Hall–Kier alpha value is -1.02. The van der Waals surface area contributed by atoms with E-state index in [0.29, 0.717) is 6.42 Å². The van der Waals surface area contributed by atoms with Crippen LogP contribution in [0.2, 0.25) is 5.02 Å². The van der Waals surface area contributed by atoms with E-state index in [2.05, 4.69) is 6.07 Å². The molecular weight excluding hydrogens is 260 g/mol. The van der Waals surface area contributed by atoms with Crippen molar-refractivity contribution in [2.45, 2.75) is 50.9 Å². The number of hydrogen-bond donors (Lipinski definition) is 1. The van der Waals surface area contributed by atoms with Crippen LogP contribution in [0.4, 0.5) is 0 Å². The minimum Gasteiger partial charge on any atom is -0.481 e. The van der Waals surface area contributed by atoms with E-state index in [1.165, 1.54) is 36.8 Å². The zero-order valence-electron chi connectivity index (χ0n) is 11.0. The molecule has 0 aromatic heterocycles. The molecule has 0 unspecified atom stereocenters. The summed E-state index contributed by atoms with van der Waals surface area (Å²) in [6.07, 6.45) is 7.96. The van der Waals surface area contributed by atoms with E-state index in [0.717, 1.165) is 29.3 Å². The Morgan fingerprint density at radius 3 is 2.68 bits per heavy atom. The maximum Gasteiger partial charge on any atom is 0.310 e. The second-order valence-corrected chi connectivity index (χ2v) is 6.33. The van der Waals surface area contributed by atoms with Gasteiger partial charge in [0.1, 0.15) is 0 Å². The van der Waals surface area contributed by atoms with Gasteiger partial charge in [-0.2, -0.15) is 0 Å². The lowest BCUT2D eigenvalue weighted by Crippen LogP contribution is -2.08. The smallest absolute Gasteiger partial charge is 0.310 e.